The fourth-order valence-electron chi connectivity index (χ4n) is 6.26. The van der Waals surface area contributed by atoms with Gasteiger partial charge in [0, 0.05) is 18.0 Å². The van der Waals surface area contributed by atoms with E-state index < -0.39 is 33.9 Å². The lowest BCUT2D eigenvalue weighted by Gasteiger charge is -2.49. The third-order valence-electron chi connectivity index (χ3n) is 7.92. The van der Waals surface area contributed by atoms with Crippen molar-refractivity contribution in [3.8, 4) is 0 Å². The highest BCUT2D eigenvalue weighted by atomic mass is 16.5. The monoisotopic (exact) mass is 379 g/mol. The number of anilines is 1. The van der Waals surface area contributed by atoms with E-state index in [1.165, 1.54) is 11.0 Å². The zero-order chi connectivity index (χ0) is 20.4. The van der Waals surface area contributed by atoms with Crippen molar-refractivity contribution in [2.75, 3.05) is 11.9 Å². The summed E-state index contributed by atoms with van der Waals surface area (Å²) in [6, 6.07) is 5.17. The Kier molecular flexibility index (Phi) is 2.82. The molecule has 6 nitrogen and oxygen atoms in total. The predicted molar refractivity (Wildman–Crippen MR) is 99.7 cm³/mol. The summed E-state index contributed by atoms with van der Waals surface area (Å²) in [5, 5.41) is 0. The molecule has 2 fully saturated rings. The lowest BCUT2D eigenvalue weighted by atomic mass is 9.49. The molecular weight excluding hydrogens is 358 g/mol. The van der Waals surface area contributed by atoms with E-state index in [1.807, 2.05) is 0 Å². The number of carbonyl (C=O) groups is 4. The van der Waals surface area contributed by atoms with Gasteiger partial charge in [0.25, 0.3) is 5.91 Å². The Morgan fingerprint density at radius 1 is 1.14 bits per heavy atom. The molecule has 5 rings (SSSR count). The zero-order valence-corrected chi connectivity index (χ0v) is 16.2. The summed E-state index contributed by atoms with van der Waals surface area (Å²) in [6.07, 6.45) is 0.892. The van der Waals surface area contributed by atoms with Crippen molar-refractivity contribution in [1.29, 1.82) is 0 Å². The molecule has 1 spiro atoms. The number of benzene rings is 1. The smallest absolute Gasteiger partial charge is 0.264 e. The van der Waals surface area contributed by atoms with Gasteiger partial charge in [0.1, 0.15) is 17.8 Å². The number of carbonyl (C=O) groups excluding carboxylic acids is 4. The molecule has 2 aliphatic carbocycles. The second kappa shape index (κ2) is 4.51. The van der Waals surface area contributed by atoms with Crippen molar-refractivity contribution in [3.63, 3.8) is 0 Å². The molecule has 0 aromatic heterocycles. The molecule has 6 heteroatoms. The van der Waals surface area contributed by atoms with Crippen molar-refractivity contribution >= 4 is 29.4 Å². The van der Waals surface area contributed by atoms with Gasteiger partial charge in [-0.05, 0) is 18.6 Å². The number of Topliss-reactive ketones (excluding diaryl/α,β-unsaturated/α-hetero) is 2. The molecule has 2 aliphatic heterocycles. The van der Waals surface area contributed by atoms with Crippen LogP contribution in [-0.4, -0.2) is 36.9 Å². The fourth-order valence-corrected chi connectivity index (χ4v) is 6.26. The van der Waals surface area contributed by atoms with Crippen LogP contribution in [0.2, 0.25) is 0 Å². The molecule has 3 bridgehead atoms. The maximum absolute atomic E-state index is 13.9. The Hall–Kier alpha value is -2.60. The molecule has 144 valence electrons. The highest BCUT2D eigenvalue weighted by molar-refractivity contribution is 6.22. The number of nitrogens with zero attached hydrogens (tertiary/aromatic N) is 1. The quantitative estimate of drug-likeness (QED) is 0.444. The normalized spacial score (nSPS) is 41.9. The van der Waals surface area contributed by atoms with Crippen LogP contribution in [0, 0.1) is 16.7 Å². The van der Waals surface area contributed by atoms with E-state index in [9.17, 15) is 19.2 Å². The van der Waals surface area contributed by atoms with Crippen molar-refractivity contribution < 1.29 is 23.9 Å². The molecule has 0 N–H and O–H groups in total. The van der Waals surface area contributed by atoms with E-state index in [-0.39, 0.29) is 17.5 Å². The minimum Gasteiger partial charge on any atom is -0.348 e. The Labute approximate surface area is 162 Å². The molecule has 1 aromatic carbocycles. The van der Waals surface area contributed by atoms with Crippen LogP contribution in [-0.2, 0) is 34.9 Å². The number of ether oxygens (including phenoxy) is 1. The van der Waals surface area contributed by atoms with Gasteiger partial charge in [-0.1, -0.05) is 32.1 Å². The summed E-state index contributed by atoms with van der Waals surface area (Å²) in [6.45, 7) is 8.95. The van der Waals surface area contributed by atoms with Crippen molar-refractivity contribution in [3.05, 3.63) is 42.0 Å². The van der Waals surface area contributed by atoms with Gasteiger partial charge in [-0.25, -0.2) is 0 Å². The number of likely N-dealkylation sites (N-methyl/N-ethyl adjacent to an activating group) is 1. The Bertz CT molecular complexity index is 1040. The number of hydrogen-bond donors (Lipinski definition) is 0. The number of rotatable bonds is 2. The summed E-state index contributed by atoms with van der Waals surface area (Å²) in [4.78, 5) is 55.3. The fraction of sp³-hybridized carbons (Fsp3) is 0.455. The molecule has 1 saturated heterocycles. The van der Waals surface area contributed by atoms with Crippen molar-refractivity contribution in [1.82, 2.24) is 0 Å². The summed E-state index contributed by atoms with van der Waals surface area (Å²) in [7, 11) is 1.65. The molecule has 1 amide bonds. The van der Waals surface area contributed by atoms with E-state index >= 15 is 0 Å². The molecule has 4 aliphatic rings. The van der Waals surface area contributed by atoms with Gasteiger partial charge in [-0.2, -0.15) is 0 Å². The minimum absolute atomic E-state index is 0.308. The summed E-state index contributed by atoms with van der Waals surface area (Å²) < 4.78 is 6.31. The number of allylic oxidation sites excluding steroid dienone is 1. The Balaban J connectivity index is 2.07. The molecule has 5 atom stereocenters. The van der Waals surface area contributed by atoms with Crippen molar-refractivity contribution in [2.45, 2.75) is 37.9 Å². The average Bonchev–Trinajstić information content (AvgIpc) is 3.03. The lowest BCUT2D eigenvalue weighted by Crippen LogP contribution is -2.66. The molecule has 1 aromatic rings. The van der Waals surface area contributed by atoms with Crippen molar-refractivity contribution in [2.24, 2.45) is 16.7 Å². The average molecular weight is 379 g/mol. The Morgan fingerprint density at radius 3 is 2.43 bits per heavy atom. The number of ketones is 2. The highest BCUT2D eigenvalue weighted by Crippen LogP contribution is 2.70. The maximum Gasteiger partial charge on any atom is 0.264 e. The van der Waals surface area contributed by atoms with Gasteiger partial charge in [-0.15, -0.1) is 6.58 Å². The number of amides is 1. The first-order valence-corrected chi connectivity index (χ1v) is 9.36. The third-order valence-corrected chi connectivity index (χ3v) is 7.92. The molecule has 0 radical (unpaired) electrons. The van der Waals surface area contributed by atoms with Crippen LogP contribution in [0.5, 0.6) is 0 Å². The van der Waals surface area contributed by atoms with Gasteiger partial charge < -0.3 is 14.4 Å². The van der Waals surface area contributed by atoms with Crippen LogP contribution >= 0.6 is 0 Å². The molecule has 0 unspecified atom stereocenters. The molecule has 1 saturated carbocycles. The summed E-state index contributed by atoms with van der Waals surface area (Å²) in [5.41, 5.74) is -4.13. The minimum atomic E-state index is -1.73. The van der Waals surface area contributed by atoms with E-state index in [0.717, 1.165) is 0 Å². The highest BCUT2D eigenvalue weighted by Gasteiger charge is 2.82. The lowest BCUT2D eigenvalue weighted by molar-refractivity contribution is -0.168. The predicted octanol–water partition coefficient (Wildman–Crippen LogP) is 1.69. The second-order valence-electron chi connectivity index (χ2n) is 9.04. The van der Waals surface area contributed by atoms with Crippen LogP contribution in [0.25, 0.3) is 0 Å². The standard InChI is InChI=1S/C22H21NO5/c1-6-20(4)17(26)15-14-16(25)21(20,10-24)11-8-7-9-12-13(11)22(28-15,19(14,2)3)18(27)23(12)5/h6-10,14-15H,1H2,2-5H3/t14-,15+,20+,21-,22-/m0/s1. The van der Waals surface area contributed by atoms with Crippen LogP contribution < -0.4 is 4.90 Å². The number of fused-ring (bicyclic) bond motifs is 2. The SMILES string of the molecule is C=C[C@]1(C)C(=O)[C@@H]2O[C@]34C(=O)N(C)c5cccc(c53)[C@@]1(C=O)C(=O)[C@H]2C4(C)C. The third kappa shape index (κ3) is 1.26. The zero-order valence-electron chi connectivity index (χ0n) is 16.2. The van der Waals surface area contributed by atoms with E-state index in [2.05, 4.69) is 6.58 Å². The second-order valence-corrected chi connectivity index (χ2v) is 9.04. The number of aldehydes is 1. The Morgan fingerprint density at radius 2 is 1.82 bits per heavy atom. The summed E-state index contributed by atoms with van der Waals surface area (Å²) >= 11 is 0. The van der Waals surface area contributed by atoms with Crippen LogP contribution in [0.3, 0.4) is 0 Å². The van der Waals surface area contributed by atoms with Gasteiger partial charge in [-0.3, -0.25) is 14.4 Å². The largest absolute Gasteiger partial charge is 0.348 e. The first-order valence-electron chi connectivity index (χ1n) is 9.36. The molecule has 28 heavy (non-hydrogen) atoms. The van der Waals surface area contributed by atoms with Gasteiger partial charge in [0.15, 0.2) is 17.2 Å². The molecule has 2 heterocycles. The van der Waals surface area contributed by atoms with Gasteiger partial charge >= 0.3 is 0 Å². The van der Waals surface area contributed by atoms with Crippen LogP contribution in [0.15, 0.2) is 30.9 Å². The maximum atomic E-state index is 13.9. The van der Waals surface area contributed by atoms with Gasteiger partial charge in [0.05, 0.1) is 17.0 Å². The topological polar surface area (TPSA) is 80.8 Å². The first kappa shape index (κ1) is 17.5. The summed E-state index contributed by atoms with van der Waals surface area (Å²) in [5.74, 6) is -1.94. The number of hydrogen-bond acceptors (Lipinski definition) is 5. The van der Waals surface area contributed by atoms with Crippen LogP contribution in [0.1, 0.15) is 31.9 Å². The van der Waals surface area contributed by atoms with E-state index in [4.69, 9.17) is 4.74 Å². The molecular formula is C22H21NO5. The van der Waals surface area contributed by atoms with Crippen LogP contribution in [0.4, 0.5) is 5.69 Å². The first-order chi connectivity index (χ1) is 13.1. The van der Waals surface area contributed by atoms with Gasteiger partial charge in [0.2, 0.25) is 0 Å². The van der Waals surface area contributed by atoms with E-state index in [0.29, 0.717) is 23.1 Å². The van der Waals surface area contributed by atoms with E-state index in [1.54, 1.807) is 46.0 Å².